The molecule has 0 aliphatic rings. The highest BCUT2D eigenvalue weighted by Crippen LogP contribution is 2.27. The predicted octanol–water partition coefficient (Wildman–Crippen LogP) is 4.83. The van der Waals surface area contributed by atoms with E-state index in [4.69, 9.17) is 16.3 Å². The van der Waals surface area contributed by atoms with E-state index in [1.165, 1.54) is 11.8 Å². The number of ether oxygens (including phenoxy) is 1. The number of hydrogen-bond donors (Lipinski definition) is 1. The number of rotatable bonds is 8. The Hall–Kier alpha value is -2.77. The SMILES string of the molecule is C=CCn1c(SCC(=O)Nc2cc(C)ccc2OC)nnc1-c1ccc(Cl)cc1. The van der Waals surface area contributed by atoms with Crippen molar-refractivity contribution in [1.82, 2.24) is 14.8 Å². The van der Waals surface area contributed by atoms with Crippen LogP contribution < -0.4 is 10.1 Å². The van der Waals surface area contributed by atoms with Gasteiger partial charge < -0.3 is 10.1 Å². The van der Waals surface area contributed by atoms with Crippen LogP contribution in [0.3, 0.4) is 0 Å². The van der Waals surface area contributed by atoms with Crippen LogP contribution in [0.15, 0.2) is 60.3 Å². The van der Waals surface area contributed by atoms with Crippen molar-refractivity contribution in [2.45, 2.75) is 18.6 Å². The van der Waals surface area contributed by atoms with Crippen molar-refractivity contribution in [2.24, 2.45) is 0 Å². The molecule has 0 atom stereocenters. The number of aryl methyl sites for hydroxylation is 1. The molecule has 0 fully saturated rings. The van der Waals surface area contributed by atoms with E-state index in [0.29, 0.717) is 34.0 Å². The molecule has 2 aromatic carbocycles. The van der Waals surface area contributed by atoms with Crippen LogP contribution in [0.25, 0.3) is 11.4 Å². The Bertz CT molecular complexity index is 1020. The number of thioether (sulfide) groups is 1. The van der Waals surface area contributed by atoms with Gasteiger partial charge in [0.15, 0.2) is 11.0 Å². The Morgan fingerprint density at radius 1 is 1.28 bits per heavy atom. The van der Waals surface area contributed by atoms with Crippen molar-refractivity contribution in [2.75, 3.05) is 18.2 Å². The molecule has 1 heterocycles. The number of hydrogen-bond acceptors (Lipinski definition) is 5. The highest BCUT2D eigenvalue weighted by molar-refractivity contribution is 7.99. The highest BCUT2D eigenvalue weighted by Gasteiger charge is 2.16. The number of allylic oxidation sites excluding steroid dienone is 1. The summed E-state index contributed by atoms with van der Waals surface area (Å²) in [5.41, 5.74) is 2.57. The maximum atomic E-state index is 12.5. The van der Waals surface area contributed by atoms with Gasteiger partial charge in [0.25, 0.3) is 0 Å². The molecule has 3 rings (SSSR count). The fourth-order valence-corrected chi connectivity index (χ4v) is 3.61. The number of amides is 1. The van der Waals surface area contributed by atoms with Crippen LogP contribution in [-0.4, -0.2) is 33.5 Å². The Kier molecular flexibility index (Phi) is 6.95. The first kappa shape index (κ1) is 21.0. The maximum Gasteiger partial charge on any atom is 0.234 e. The summed E-state index contributed by atoms with van der Waals surface area (Å²) < 4.78 is 7.23. The van der Waals surface area contributed by atoms with E-state index in [0.717, 1.165) is 11.1 Å². The molecule has 8 heteroatoms. The summed E-state index contributed by atoms with van der Waals surface area (Å²) in [7, 11) is 1.57. The summed E-state index contributed by atoms with van der Waals surface area (Å²) in [6.07, 6.45) is 1.77. The van der Waals surface area contributed by atoms with Gasteiger partial charge >= 0.3 is 0 Å². The summed E-state index contributed by atoms with van der Waals surface area (Å²) in [5.74, 6) is 1.35. The molecule has 6 nitrogen and oxygen atoms in total. The smallest absolute Gasteiger partial charge is 0.234 e. The van der Waals surface area contributed by atoms with Gasteiger partial charge in [-0.15, -0.1) is 16.8 Å². The minimum absolute atomic E-state index is 0.153. The van der Waals surface area contributed by atoms with Gasteiger partial charge in [-0.3, -0.25) is 9.36 Å². The number of aromatic nitrogens is 3. The second-order valence-corrected chi connectivity index (χ2v) is 7.63. The lowest BCUT2D eigenvalue weighted by Gasteiger charge is -2.11. The molecule has 0 unspecified atom stereocenters. The molecule has 0 saturated heterocycles. The fraction of sp³-hybridized carbons (Fsp3) is 0.190. The number of carbonyl (C=O) groups excluding carboxylic acids is 1. The van der Waals surface area contributed by atoms with Crippen LogP contribution in [0, 0.1) is 6.92 Å². The first-order valence-electron chi connectivity index (χ1n) is 8.89. The Labute approximate surface area is 178 Å². The lowest BCUT2D eigenvalue weighted by atomic mass is 10.2. The summed E-state index contributed by atoms with van der Waals surface area (Å²) in [6, 6.07) is 13.0. The second-order valence-electron chi connectivity index (χ2n) is 6.25. The maximum absolute atomic E-state index is 12.5. The van der Waals surface area contributed by atoms with Gasteiger partial charge in [-0.05, 0) is 48.9 Å². The molecule has 1 aromatic heterocycles. The topological polar surface area (TPSA) is 69.0 Å². The van der Waals surface area contributed by atoms with Crippen molar-refractivity contribution in [3.63, 3.8) is 0 Å². The first-order valence-corrected chi connectivity index (χ1v) is 10.3. The van der Waals surface area contributed by atoms with Crippen molar-refractivity contribution in [3.8, 4) is 17.1 Å². The van der Waals surface area contributed by atoms with E-state index in [2.05, 4.69) is 22.1 Å². The molecule has 29 heavy (non-hydrogen) atoms. The second kappa shape index (κ2) is 9.62. The first-order chi connectivity index (χ1) is 14.0. The normalized spacial score (nSPS) is 10.6. The molecular weight excluding hydrogens is 408 g/mol. The largest absolute Gasteiger partial charge is 0.495 e. The predicted molar refractivity (Wildman–Crippen MR) is 118 cm³/mol. The summed E-state index contributed by atoms with van der Waals surface area (Å²) in [4.78, 5) is 12.5. The molecule has 0 bridgehead atoms. The molecule has 1 N–H and O–H groups in total. The van der Waals surface area contributed by atoms with Crippen LogP contribution in [0.2, 0.25) is 5.02 Å². The monoisotopic (exact) mass is 428 g/mol. The van der Waals surface area contributed by atoms with E-state index < -0.39 is 0 Å². The van der Waals surface area contributed by atoms with Crippen molar-refractivity contribution in [3.05, 3.63) is 65.7 Å². The molecule has 0 aliphatic carbocycles. The molecule has 0 saturated carbocycles. The Morgan fingerprint density at radius 3 is 2.72 bits per heavy atom. The zero-order valence-corrected chi connectivity index (χ0v) is 17.8. The summed E-state index contributed by atoms with van der Waals surface area (Å²) in [6.45, 7) is 6.29. The van der Waals surface area contributed by atoms with Crippen LogP contribution in [0.5, 0.6) is 5.75 Å². The Morgan fingerprint density at radius 2 is 2.03 bits per heavy atom. The van der Waals surface area contributed by atoms with E-state index in [-0.39, 0.29) is 11.7 Å². The molecule has 1 amide bonds. The lowest BCUT2D eigenvalue weighted by Crippen LogP contribution is -2.15. The third kappa shape index (κ3) is 5.19. The van der Waals surface area contributed by atoms with E-state index in [1.54, 1.807) is 25.3 Å². The zero-order chi connectivity index (χ0) is 20.8. The highest BCUT2D eigenvalue weighted by atomic mass is 35.5. The quantitative estimate of drug-likeness (QED) is 0.411. The number of methoxy groups -OCH3 is 1. The zero-order valence-electron chi connectivity index (χ0n) is 16.2. The number of benzene rings is 2. The molecule has 3 aromatic rings. The van der Waals surface area contributed by atoms with E-state index in [9.17, 15) is 4.79 Å². The van der Waals surface area contributed by atoms with Crippen molar-refractivity contribution in [1.29, 1.82) is 0 Å². The average Bonchev–Trinajstić information content (AvgIpc) is 3.10. The molecule has 0 aliphatic heterocycles. The number of nitrogens with one attached hydrogen (secondary N) is 1. The van der Waals surface area contributed by atoms with Crippen LogP contribution >= 0.6 is 23.4 Å². The van der Waals surface area contributed by atoms with Gasteiger partial charge in [-0.2, -0.15) is 0 Å². The Balaban J connectivity index is 1.73. The van der Waals surface area contributed by atoms with Crippen molar-refractivity contribution < 1.29 is 9.53 Å². The van der Waals surface area contributed by atoms with Gasteiger partial charge in [0.05, 0.1) is 18.6 Å². The number of halogens is 1. The molecule has 0 spiro atoms. The number of anilines is 1. The van der Waals surface area contributed by atoms with Crippen LogP contribution in [0.1, 0.15) is 5.56 Å². The van der Waals surface area contributed by atoms with Gasteiger partial charge in [-0.25, -0.2) is 0 Å². The standard InChI is InChI=1S/C21H21ClN4O2S/c1-4-11-26-20(15-6-8-16(22)9-7-15)24-25-21(26)29-13-19(27)23-17-12-14(2)5-10-18(17)28-3/h4-10,12H,1,11,13H2,2-3H3,(H,23,27). The van der Waals surface area contributed by atoms with Crippen molar-refractivity contribution >= 4 is 35.0 Å². The minimum atomic E-state index is -0.153. The van der Waals surface area contributed by atoms with Gasteiger partial charge in [0, 0.05) is 17.1 Å². The third-order valence-corrected chi connectivity index (χ3v) is 5.31. The minimum Gasteiger partial charge on any atom is -0.495 e. The fourth-order valence-electron chi connectivity index (χ4n) is 2.74. The van der Waals surface area contributed by atoms with Gasteiger partial charge in [0.2, 0.25) is 5.91 Å². The van der Waals surface area contributed by atoms with Gasteiger partial charge in [-0.1, -0.05) is 35.5 Å². The summed E-state index contributed by atoms with van der Waals surface area (Å²) in [5, 5.41) is 12.7. The number of nitrogens with zero attached hydrogens (tertiary/aromatic N) is 3. The van der Waals surface area contributed by atoms with Crippen LogP contribution in [-0.2, 0) is 11.3 Å². The molecule has 0 radical (unpaired) electrons. The van der Waals surface area contributed by atoms with E-state index in [1.807, 2.05) is 41.8 Å². The molecule has 150 valence electrons. The van der Waals surface area contributed by atoms with E-state index >= 15 is 0 Å². The number of carbonyl (C=O) groups is 1. The third-order valence-electron chi connectivity index (χ3n) is 4.09. The lowest BCUT2D eigenvalue weighted by molar-refractivity contribution is -0.113. The average molecular weight is 429 g/mol. The van der Waals surface area contributed by atoms with Gasteiger partial charge in [0.1, 0.15) is 5.75 Å². The molecular formula is C21H21ClN4O2S. The van der Waals surface area contributed by atoms with Crippen LogP contribution in [0.4, 0.5) is 5.69 Å². The summed E-state index contributed by atoms with van der Waals surface area (Å²) >= 11 is 7.28.